The van der Waals surface area contributed by atoms with Crippen molar-refractivity contribution in [3.8, 4) is 11.3 Å². The number of carboxylic acid groups (broad SMARTS) is 1. The van der Waals surface area contributed by atoms with Gasteiger partial charge in [0.2, 0.25) is 0 Å². The molecule has 0 saturated heterocycles. The van der Waals surface area contributed by atoms with E-state index in [-0.39, 0.29) is 11.3 Å². The van der Waals surface area contributed by atoms with E-state index in [1.54, 1.807) is 23.9 Å². The molecular formula is C13H9FN2O3. The second kappa shape index (κ2) is 3.94. The van der Waals surface area contributed by atoms with Crippen molar-refractivity contribution in [2.45, 2.75) is 0 Å². The van der Waals surface area contributed by atoms with Gasteiger partial charge in [0.15, 0.2) is 5.76 Å². The second-order valence-corrected chi connectivity index (χ2v) is 4.19. The molecule has 3 rings (SSSR count). The van der Waals surface area contributed by atoms with Crippen molar-refractivity contribution >= 4 is 16.9 Å². The molecule has 0 spiro atoms. The van der Waals surface area contributed by atoms with Crippen LogP contribution in [0.2, 0.25) is 0 Å². The van der Waals surface area contributed by atoms with Gasteiger partial charge in [-0.3, -0.25) is 0 Å². The van der Waals surface area contributed by atoms with Crippen LogP contribution in [0.4, 0.5) is 4.39 Å². The Balaban J connectivity index is 2.33. The minimum Gasteiger partial charge on any atom is -0.477 e. The molecule has 3 aromatic rings. The summed E-state index contributed by atoms with van der Waals surface area (Å²) in [4.78, 5) is 11.1. The molecule has 1 N–H and O–H groups in total. The van der Waals surface area contributed by atoms with E-state index in [0.29, 0.717) is 10.9 Å². The number of benzene rings is 1. The zero-order valence-electron chi connectivity index (χ0n) is 9.92. The molecule has 0 radical (unpaired) electrons. The fourth-order valence-corrected chi connectivity index (χ4v) is 2.13. The van der Waals surface area contributed by atoms with E-state index in [4.69, 9.17) is 9.63 Å². The topological polar surface area (TPSA) is 68.3 Å². The van der Waals surface area contributed by atoms with Crippen LogP contribution in [0.15, 0.2) is 35.1 Å². The highest BCUT2D eigenvalue weighted by Gasteiger charge is 2.20. The molecule has 1 aromatic carbocycles. The average Bonchev–Trinajstić information content (AvgIpc) is 2.94. The summed E-state index contributed by atoms with van der Waals surface area (Å²) in [7, 11) is 1.79. The Morgan fingerprint density at radius 3 is 3.00 bits per heavy atom. The van der Waals surface area contributed by atoms with Crippen molar-refractivity contribution in [1.29, 1.82) is 0 Å². The van der Waals surface area contributed by atoms with Crippen LogP contribution in [0.1, 0.15) is 10.4 Å². The first-order chi connectivity index (χ1) is 9.08. The van der Waals surface area contributed by atoms with Crippen LogP contribution in [0, 0.1) is 5.82 Å². The summed E-state index contributed by atoms with van der Waals surface area (Å²) in [6, 6.07) is 4.33. The van der Waals surface area contributed by atoms with Crippen LogP contribution in [0.25, 0.3) is 22.2 Å². The lowest BCUT2D eigenvalue weighted by Crippen LogP contribution is -1.95. The first kappa shape index (κ1) is 11.5. The van der Waals surface area contributed by atoms with Crippen LogP contribution >= 0.6 is 0 Å². The summed E-state index contributed by atoms with van der Waals surface area (Å²) in [5.41, 5.74) is 1.24. The molecular weight excluding hydrogens is 251 g/mol. The molecule has 0 bridgehead atoms. The highest BCUT2D eigenvalue weighted by atomic mass is 19.1. The fraction of sp³-hybridized carbons (Fsp3) is 0.0769. The normalized spacial score (nSPS) is 11.1. The van der Waals surface area contributed by atoms with Gasteiger partial charge in [-0.05, 0) is 18.2 Å². The third-order valence-corrected chi connectivity index (χ3v) is 3.00. The van der Waals surface area contributed by atoms with Crippen LogP contribution in [-0.4, -0.2) is 20.8 Å². The molecule has 5 nitrogen and oxygen atoms in total. The number of hydrogen-bond acceptors (Lipinski definition) is 3. The van der Waals surface area contributed by atoms with E-state index in [1.165, 1.54) is 12.1 Å². The molecule has 19 heavy (non-hydrogen) atoms. The van der Waals surface area contributed by atoms with Crippen molar-refractivity contribution in [2.75, 3.05) is 0 Å². The summed E-state index contributed by atoms with van der Waals surface area (Å²) < 4.78 is 20.1. The monoisotopic (exact) mass is 260 g/mol. The predicted octanol–water partition coefficient (Wildman–Crippen LogP) is 2.67. The molecule has 2 aromatic heterocycles. The largest absolute Gasteiger partial charge is 0.477 e. The van der Waals surface area contributed by atoms with Crippen molar-refractivity contribution in [1.82, 2.24) is 9.72 Å². The summed E-state index contributed by atoms with van der Waals surface area (Å²) in [6.07, 6.45) is 2.83. The molecule has 0 amide bonds. The number of fused-ring (bicyclic) bond motifs is 1. The van der Waals surface area contributed by atoms with Crippen molar-refractivity contribution in [3.05, 3.63) is 42.0 Å². The van der Waals surface area contributed by atoms with Gasteiger partial charge in [0, 0.05) is 29.7 Å². The third kappa shape index (κ3) is 1.69. The van der Waals surface area contributed by atoms with Gasteiger partial charge < -0.3 is 14.2 Å². The van der Waals surface area contributed by atoms with Gasteiger partial charge in [0.1, 0.15) is 11.4 Å². The summed E-state index contributed by atoms with van der Waals surface area (Å²) in [5, 5.41) is 13.2. The van der Waals surface area contributed by atoms with Crippen LogP contribution in [0.3, 0.4) is 0 Å². The molecule has 0 unspecified atom stereocenters. The number of aryl methyl sites for hydroxylation is 1. The highest BCUT2D eigenvalue weighted by molar-refractivity contribution is 6.01. The quantitative estimate of drug-likeness (QED) is 0.769. The zero-order chi connectivity index (χ0) is 13.6. The van der Waals surface area contributed by atoms with E-state index >= 15 is 0 Å². The number of carbonyl (C=O) groups is 1. The number of rotatable bonds is 2. The van der Waals surface area contributed by atoms with Gasteiger partial charge in [0.05, 0.1) is 6.20 Å². The van der Waals surface area contributed by atoms with Gasteiger partial charge in [-0.1, -0.05) is 5.16 Å². The Morgan fingerprint density at radius 1 is 1.47 bits per heavy atom. The number of aromatic nitrogens is 2. The average molecular weight is 260 g/mol. The van der Waals surface area contributed by atoms with E-state index < -0.39 is 11.8 Å². The maximum Gasteiger partial charge on any atom is 0.341 e. The molecule has 0 aliphatic rings. The van der Waals surface area contributed by atoms with Crippen molar-refractivity contribution in [2.24, 2.45) is 7.05 Å². The Bertz CT molecular complexity index is 788. The molecule has 0 atom stereocenters. The lowest BCUT2D eigenvalue weighted by molar-refractivity contribution is 0.0697. The van der Waals surface area contributed by atoms with Gasteiger partial charge in [-0.25, -0.2) is 9.18 Å². The first-order valence-corrected chi connectivity index (χ1v) is 5.51. The van der Waals surface area contributed by atoms with Crippen molar-refractivity contribution in [3.63, 3.8) is 0 Å². The molecule has 2 heterocycles. The standard InChI is InChI=1S/C13H9FN2O3/c1-16-6-10(8-4-7(14)2-3-11(8)16)12-9(13(17)18)5-15-19-12/h2-6H,1H3,(H,17,18). The third-order valence-electron chi connectivity index (χ3n) is 3.00. The van der Waals surface area contributed by atoms with Crippen LogP contribution < -0.4 is 0 Å². The van der Waals surface area contributed by atoms with Crippen molar-refractivity contribution < 1.29 is 18.8 Å². The van der Waals surface area contributed by atoms with Gasteiger partial charge in [-0.15, -0.1) is 0 Å². The summed E-state index contributed by atoms with van der Waals surface area (Å²) >= 11 is 0. The van der Waals surface area contributed by atoms with Gasteiger partial charge in [-0.2, -0.15) is 0 Å². The minimum absolute atomic E-state index is 0.0447. The first-order valence-electron chi connectivity index (χ1n) is 5.51. The molecule has 0 aliphatic heterocycles. The number of halogens is 1. The van der Waals surface area contributed by atoms with Crippen LogP contribution in [0.5, 0.6) is 0 Å². The summed E-state index contributed by atoms with van der Waals surface area (Å²) in [5.74, 6) is -1.40. The molecule has 6 heteroatoms. The Kier molecular flexibility index (Phi) is 2.38. The molecule has 96 valence electrons. The Labute approximate surface area is 106 Å². The Hall–Kier alpha value is -2.63. The molecule has 0 fully saturated rings. The predicted molar refractivity (Wildman–Crippen MR) is 65.3 cm³/mol. The highest BCUT2D eigenvalue weighted by Crippen LogP contribution is 2.32. The smallest absolute Gasteiger partial charge is 0.341 e. The lowest BCUT2D eigenvalue weighted by atomic mass is 10.1. The Morgan fingerprint density at radius 2 is 2.26 bits per heavy atom. The number of hydrogen-bond donors (Lipinski definition) is 1. The van der Waals surface area contributed by atoms with E-state index in [9.17, 15) is 9.18 Å². The van der Waals surface area contributed by atoms with Gasteiger partial charge in [0.25, 0.3) is 0 Å². The second-order valence-electron chi connectivity index (χ2n) is 4.19. The summed E-state index contributed by atoms with van der Waals surface area (Å²) in [6.45, 7) is 0. The maximum atomic E-state index is 13.4. The van der Waals surface area contributed by atoms with Gasteiger partial charge >= 0.3 is 5.97 Å². The molecule has 0 aliphatic carbocycles. The fourth-order valence-electron chi connectivity index (χ4n) is 2.13. The van der Waals surface area contributed by atoms with E-state index in [0.717, 1.165) is 11.7 Å². The number of carboxylic acids is 1. The maximum absolute atomic E-state index is 13.4. The SMILES string of the molecule is Cn1cc(-c2oncc2C(=O)O)c2cc(F)ccc21. The zero-order valence-corrected chi connectivity index (χ0v) is 9.92. The van der Waals surface area contributed by atoms with Crippen LogP contribution in [-0.2, 0) is 7.05 Å². The number of aromatic carboxylic acids is 1. The number of nitrogens with zero attached hydrogens (tertiary/aromatic N) is 2. The lowest BCUT2D eigenvalue weighted by Gasteiger charge is -1.96. The minimum atomic E-state index is -1.13. The van der Waals surface area contributed by atoms with E-state index in [2.05, 4.69) is 5.16 Å². The molecule has 0 saturated carbocycles. The van der Waals surface area contributed by atoms with E-state index in [1.807, 2.05) is 0 Å².